The van der Waals surface area contributed by atoms with E-state index in [9.17, 15) is 4.79 Å². The highest BCUT2D eigenvalue weighted by molar-refractivity contribution is 5.74. The van der Waals surface area contributed by atoms with Gasteiger partial charge in [0.1, 0.15) is 0 Å². The van der Waals surface area contributed by atoms with Crippen molar-refractivity contribution in [2.75, 3.05) is 6.61 Å². The Morgan fingerprint density at radius 2 is 1.95 bits per heavy atom. The van der Waals surface area contributed by atoms with E-state index >= 15 is 0 Å². The zero-order valence-corrected chi connectivity index (χ0v) is 13.9. The summed E-state index contributed by atoms with van der Waals surface area (Å²) < 4.78 is 0. The van der Waals surface area contributed by atoms with Crippen molar-refractivity contribution < 1.29 is 9.90 Å². The van der Waals surface area contributed by atoms with Crippen LogP contribution in [-0.4, -0.2) is 23.8 Å². The fraction of sp³-hybridized carbons (Fsp3) is 0.611. The number of carbonyl (C=O) groups is 1. The Bertz CT molecular complexity index is 508. The van der Waals surface area contributed by atoms with Gasteiger partial charge in [0.2, 0.25) is 0 Å². The second kappa shape index (κ2) is 7.63. The van der Waals surface area contributed by atoms with Crippen molar-refractivity contribution in [1.82, 2.24) is 10.6 Å². The van der Waals surface area contributed by atoms with Crippen molar-refractivity contribution in [2.24, 2.45) is 5.92 Å². The zero-order chi connectivity index (χ0) is 16.1. The van der Waals surface area contributed by atoms with Gasteiger partial charge in [0.25, 0.3) is 0 Å². The molecule has 1 saturated carbocycles. The van der Waals surface area contributed by atoms with E-state index in [4.69, 9.17) is 5.11 Å². The molecule has 0 aromatic heterocycles. The summed E-state index contributed by atoms with van der Waals surface area (Å²) in [4.78, 5) is 12.2. The molecule has 1 aromatic carbocycles. The summed E-state index contributed by atoms with van der Waals surface area (Å²) in [6.07, 6.45) is 3.90. The number of urea groups is 1. The maximum atomic E-state index is 12.2. The molecule has 1 atom stereocenters. The molecule has 1 unspecified atom stereocenters. The molecule has 0 saturated heterocycles. The van der Waals surface area contributed by atoms with Crippen LogP contribution in [0.5, 0.6) is 0 Å². The Kier molecular flexibility index (Phi) is 5.83. The molecule has 0 spiro atoms. The van der Waals surface area contributed by atoms with Gasteiger partial charge in [-0.15, -0.1) is 0 Å². The monoisotopic (exact) mass is 304 g/mol. The topological polar surface area (TPSA) is 61.4 Å². The highest BCUT2D eigenvalue weighted by Gasteiger charge is 2.22. The number of aliphatic hydroxyl groups excluding tert-OH is 1. The molecule has 122 valence electrons. The first-order valence-corrected chi connectivity index (χ1v) is 8.25. The summed E-state index contributed by atoms with van der Waals surface area (Å²) in [5.41, 5.74) is 3.65. The Hall–Kier alpha value is -1.55. The molecule has 22 heavy (non-hydrogen) atoms. The summed E-state index contributed by atoms with van der Waals surface area (Å²) >= 11 is 0. The Labute approximate surface area is 133 Å². The van der Waals surface area contributed by atoms with Crippen molar-refractivity contribution in [3.8, 4) is 0 Å². The molecule has 4 heteroatoms. The van der Waals surface area contributed by atoms with E-state index in [0.717, 1.165) is 25.7 Å². The molecule has 1 aliphatic rings. The van der Waals surface area contributed by atoms with Crippen molar-refractivity contribution in [3.63, 3.8) is 0 Å². The lowest BCUT2D eigenvalue weighted by Gasteiger charge is -2.28. The zero-order valence-electron chi connectivity index (χ0n) is 13.9. The van der Waals surface area contributed by atoms with Gasteiger partial charge < -0.3 is 15.7 Å². The highest BCUT2D eigenvalue weighted by Crippen LogP contribution is 2.24. The smallest absolute Gasteiger partial charge is 0.315 e. The van der Waals surface area contributed by atoms with E-state index in [1.807, 2.05) is 13.0 Å². The summed E-state index contributed by atoms with van der Waals surface area (Å²) in [7, 11) is 0. The summed E-state index contributed by atoms with van der Waals surface area (Å²) in [5.74, 6) is 0.412. The number of benzene rings is 1. The average Bonchev–Trinajstić information content (AvgIpc) is 2.50. The number of rotatable bonds is 4. The highest BCUT2D eigenvalue weighted by atomic mass is 16.3. The fourth-order valence-corrected chi connectivity index (χ4v) is 3.23. The fourth-order valence-electron chi connectivity index (χ4n) is 3.23. The van der Waals surface area contributed by atoms with Crippen LogP contribution in [-0.2, 0) is 0 Å². The van der Waals surface area contributed by atoms with Crippen LogP contribution in [0.3, 0.4) is 0 Å². The van der Waals surface area contributed by atoms with Crippen LogP contribution in [0, 0.1) is 19.8 Å². The summed E-state index contributed by atoms with van der Waals surface area (Å²) in [5, 5.41) is 15.3. The van der Waals surface area contributed by atoms with E-state index in [0.29, 0.717) is 5.92 Å². The third-order valence-electron chi connectivity index (χ3n) is 4.90. The van der Waals surface area contributed by atoms with Crippen LogP contribution >= 0.6 is 0 Å². The maximum absolute atomic E-state index is 12.2. The van der Waals surface area contributed by atoms with Crippen LogP contribution in [0.4, 0.5) is 4.79 Å². The molecule has 2 rings (SSSR count). The Morgan fingerprint density at radius 1 is 1.27 bits per heavy atom. The summed E-state index contributed by atoms with van der Waals surface area (Å²) in [6, 6.07) is 6.32. The van der Waals surface area contributed by atoms with E-state index in [-0.39, 0.29) is 24.7 Å². The van der Waals surface area contributed by atoms with Gasteiger partial charge >= 0.3 is 6.03 Å². The molecule has 3 N–H and O–H groups in total. The first-order valence-electron chi connectivity index (χ1n) is 8.25. The van der Waals surface area contributed by atoms with Crippen LogP contribution in [0.1, 0.15) is 55.3 Å². The van der Waals surface area contributed by atoms with Gasteiger partial charge in [-0.3, -0.25) is 0 Å². The van der Waals surface area contributed by atoms with E-state index < -0.39 is 0 Å². The molecule has 0 bridgehead atoms. The average molecular weight is 304 g/mol. The van der Waals surface area contributed by atoms with Gasteiger partial charge in [-0.2, -0.15) is 0 Å². The SMILES string of the molecule is Cc1cccc(C(C)NC(=O)NC2CCC(CO)CC2)c1C. The molecule has 0 heterocycles. The van der Waals surface area contributed by atoms with Crippen LogP contribution in [0.15, 0.2) is 18.2 Å². The lowest BCUT2D eigenvalue weighted by Crippen LogP contribution is -2.44. The molecule has 1 aromatic rings. The number of hydrogen-bond acceptors (Lipinski definition) is 2. The van der Waals surface area contributed by atoms with Crippen molar-refractivity contribution in [2.45, 2.75) is 58.5 Å². The normalized spacial score (nSPS) is 22.9. The third kappa shape index (κ3) is 4.23. The minimum absolute atomic E-state index is 0.00585. The molecule has 1 aliphatic carbocycles. The van der Waals surface area contributed by atoms with Gasteiger partial charge in [0.15, 0.2) is 0 Å². The maximum Gasteiger partial charge on any atom is 0.315 e. The van der Waals surface area contributed by atoms with E-state index in [1.165, 1.54) is 16.7 Å². The number of amides is 2. The number of aliphatic hydroxyl groups is 1. The molecular weight excluding hydrogens is 276 g/mol. The Morgan fingerprint density at radius 3 is 2.59 bits per heavy atom. The first kappa shape index (κ1) is 16.8. The van der Waals surface area contributed by atoms with Crippen LogP contribution in [0.2, 0.25) is 0 Å². The molecular formula is C18H28N2O2. The number of aryl methyl sites for hydroxylation is 1. The standard InChI is InChI=1S/C18H28N2O2/c1-12-5-4-6-17(13(12)2)14(3)19-18(22)20-16-9-7-15(11-21)8-10-16/h4-6,14-16,21H,7-11H2,1-3H3,(H2,19,20,22). The number of hydrogen-bond donors (Lipinski definition) is 3. The van der Waals surface area contributed by atoms with Gasteiger partial charge in [-0.05, 0) is 69.1 Å². The first-order chi connectivity index (χ1) is 10.5. The molecule has 1 fully saturated rings. The van der Waals surface area contributed by atoms with Crippen molar-refractivity contribution in [1.29, 1.82) is 0 Å². The molecule has 0 aliphatic heterocycles. The predicted molar refractivity (Wildman–Crippen MR) is 88.8 cm³/mol. The lowest BCUT2D eigenvalue weighted by atomic mass is 9.87. The lowest BCUT2D eigenvalue weighted by molar-refractivity contribution is 0.174. The van der Waals surface area contributed by atoms with E-state index in [1.54, 1.807) is 0 Å². The minimum Gasteiger partial charge on any atom is -0.396 e. The van der Waals surface area contributed by atoms with Gasteiger partial charge in [-0.25, -0.2) is 4.79 Å². The number of nitrogens with one attached hydrogen (secondary N) is 2. The van der Waals surface area contributed by atoms with Crippen molar-refractivity contribution >= 4 is 6.03 Å². The second-order valence-electron chi connectivity index (χ2n) is 6.53. The minimum atomic E-state index is -0.0964. The van der Waals surface area contributed by atoms with Gasteiger partial charge in [-0.1, -0.05) is 18.2 Å². The number of carbonyl (C=O) groups excluding carboxylic acids is 1. The van der Waals surface area contributed by atoms with Crippen LogP contribution in [0.25, 0.3) is 0 Å². The molecule has 4 nitrogen and oxygen atoms in total. The largest absolute Gasteiger partial charge is 0.396 e. The Balaban J connectivity index is 1.85. The summed E-state index contributed by atoms with van der Waals surface area (Å²) in [6.45, 7) is 6.47. The van der Waals surface area contributed by atoms with Crippen molar-refractivity contribution in [3.05, 3.63) is 34.9 Å². The second-order valence-corrected chi connectivity index (χ2v) is 6.53. The van der Waals surface area contributed by atoms with Gasteiger partial charge in [0.05, 0.1) is 6.04 Å². The quantitative estimate of drug-likeness (QED) is 0.800. The third-order valence-corrected chi connectivity index (χ3v) is 4.90. The molecule has 2 amide bonds. The van der Waals surface area contributed by atoms with Gasteiger partial charge in [0, 0.05) is 12.6 Å². The van der Waals surface area contributed by atoms with E-state index in [2.05, 4.69) is 36.6 Å². The predicted octanol–water partition coefficient (Wildman–Crippen LogP) is 3.21. The molecule has 0 radical (unpaired) electrons. The van der Waals surface area contributed by atoms with Crippen LogP contribution < -0.4 is 10.6 Å².